The van der Waals surface area contributed by atoms with Crippen molar-refractivity contribution >= 4 is 34.1 Å². The molecule has 0 atom stereocenters. The van der Waals surface area contributed by atoms with Gasteiger partial charge in [-0.2, -0.15) is 0 Å². The van der Waals surface area contributed by atoms with Crippen LogP contribution < -0.4 is 0 Å². The fourth-order valence-corrected chi connectivity index (χ4v) is 0.362. The monoisotopic (exact) mass is 163 g/mol. The zero-order valence-electron chi connectivity index (χ0n) is 6.39. The van der Waals surface area contributed by atoms with Crippen LogP contribution in [0.2, 0.25) is 5.05 Å². The summed E-state index contributed by atoms with van der Waals surface area (Å²) in [5, 5.41) is 10.2. The molecule has 0 fully saturated rings. The predicted molar refractivity (Wildman–Crippen MR) is 45.5 cm³/mol. The molecular weight excluding hydrogens is 148 g/mol. The normalized spacial score (nSPS) is 6.67. The predicted octanol–water partition coefficient (Wildman–Crippen LogP) is 1.79. The maximum atomic E-state index is 8.20. The van der Waals surface area contributed by atoms with Crippen LogP contribution in [0.25, 0.3) is 0 Å². The molecule has 0 aliphatic carbocycles. The van der Waals surface area contributed by atoms with Gasteiger partial charge < -0.3 is 5.11 Å². The third-order valence-corrected chi connectivity index (χ3v) is 0.762. The van der Waals surface area contributed by atoms with Gasteiger partial charge in [0.25, 0.3) is 5.05 Å². The molecule has 3 heteroatoms. The van der Waals surface area contributed by atoms with Gasteiger partial charge in [0.1, 0.15) is 0 Å². The van der Waals surface area contributed by atoms with Crippen LogP contribution in [0.15, 0.2) is 0 Å². The molecule has 0 amide bonds. The molecule has 0 aromatic rings. The molecule has 1 nitrogen and oxygen atoms in total. The lowest BCUT2D eigenvalue weighted by molar-refractivity contribution is 0.284. The van der Waals surface area contributed by atoms with E-state index >= 15 is 0 Å². The summed E-state index contributed by atoms with van der Waals surface area (Å²) in [5.74, 6) is 0. The molecule has 1 N–H and O–H groups in total. The number of hydrogen-bond acceptors (Lipinski definition) is 1. The average molecular weight is 164 g/mol. The maximum Gasteiger partial charge on any atom is 1.41 e. The number of hydrogen-bond donors (Lipinski definition) is 1. The molecule has 0 aromatic heterocycles. The highest BCUT2D eigenvalue weighted by atomic mass is 35.5. The lowest BCUT2D eigenvalue weighted by Crippen LogP contribution is -1.78. The van der Waals surface area contributed by atoms with Crippen LogP contribution in [0.5, 0.6) is 0 Å². The van der Waals surface area contributed by atoms with Crippen molar-refractivity contribution in [2.45, 2.75) is 31.2 Å². The highest BCUT2D eigenvalue weighted by molar-refractivity contribution is 6.05. The molecule has 0 heterocycles. The van der Waals surface area contributed by atoms with Crippen LogP contribution in [-0.2, 0) is 0 Å². The van der Waals surface area contributed by atoms with Gasteiger partial charge in [0.05, 0.1) is 0 Å². The number of aliphatic hydroxyl groups excluding tert-OH is 1. The minimum Gasteiger partial charge on any atom is -0.396 e. The van der Waals surface area contributed by atoms with Crippen molar-refractivity contribution in [3.8, 4) is 0 Å². The molecule has 0 aromatic carbocycles. The smallest absolute Gasteiger partial charge is 0.396 e. The van der Waals surface area contributed by atoms with Gasteiger partial charge >= 0.3 is 21.7 Å². The first-order valence-corrected chi connectivity index (χ1v) is 4.64. The van der Waals surface area contributed by atoms with Gasteiger partial charge in [0.15, 0.2) is 0 Å². The molecular formula is C6H16ClMgO+2. The molecule has 0 aliphatic heterocycles. The number of halogens is 1. The third-order valence-electron chi connectivity index (χ3n) is 0.762. The van der Waals surface area contributed by atoms with E-state index in [9.17, 15) is 0 Å². The first-order valence-electron chi connectivity index (χ1n) is 3.23. The maximum absolute atomic E-state index is 8.20. The molecule has 0 rings (SSSR count). The average Bonchev–Trinajstić information content (AvgIpc) is 1.88. The Kier molecular flexibility index (Phi) is 42.3. The highest BCUT2D eigenvalue weighted by Gasteiger charge is 1.99. The minimum atomic E-state index is 0. The summed E-state index contributed by atoms with van der Waals surface area (Å²) in [6.45, 7) is 2.48. The van der Waals surface area contributed by atoms with Crippen LogP contribution >= 0.6 is 12.4 Å². The minimum absolute atomic E-state index is 0. The number of rotatable bonds is 3. The van der Waals surface area contributed by atoms with E-state index in [0.29, 0.717) is 6.61 Å². The summed E-state index contributed by atoms with van der Waals surface area (Å²) in [6.07, 6.45) is 3.33. The molecule has 7 radical (unpaired) electrons. The Balaban J connectivity index is -0.000000109. The lowest BCUT2D eigenvalue weighted by Gasteiger charge is -1.85. The van der Waals surface area contributed by atoms with Crippen molar-refractivity contribution < 1.29 is 5.11 Å². The topological polar surface area (TPSA) is 20.2 Å². The Labute approximate surface area is 77.1 Å². The van der Waals surface area contributed by atoms with E-state index in [0.717, 1.165) is 12.8 Å². The fourth-order valence-electron chi connectivity index (χ4n) is 0.362. The lowest BCUT2D eigenvalue weighted by atomic mass is 10.3. The second-order valence-corrected chi connectivity index (χ2v) is 1.43. The van der Waals surface area contributed by atoms with E-state index in [1.54, 1.807) is 0 Å². The van der Waals surface area contributed by atoms with Crippen molar-refractivity contribution in [2.24, 2.45) is 0 Å². The zero-order chi connectivity index (χ0) is 6.83. The van der Waals surface area contributed by atoms with Crippen molar-refractivity contribution in [3.05, 3.63) is 0 Å². The van der Waals surface area contributed by atoms with Crippen LogP contribution in [-0.4, -0.2) is 33.4 Å². The van der Waals surface area contributed by atoms with E-state index < -0.39 is 0 Å². The summed E-state index contributed by atoms with van der Waals surface area (Å²) in [4.78, 5) is 0. The van der Waals surface area contributed by atoms with Gasteiger partial charge in [-0.15, -0.1) is 12.4 Å². The molecule has 9 heavy (non-hydrogen) atoms. The van der Waals surface area contributed by atoms with Crippen molar-refractivity contribution in [1.29, 1.82) is 0 Å². The summed E-state index contributed by atoms with van der Waals surface area (Å²) >= 11 is 1.86. The van der Waals surface area contributed by atoms with Gasteiger partial charge in [-0.25, -0.2) is 0 Å². The molecule has 0 unspecified atom stereocenters. The first-order chi connectivity index (χ1) is 3.91. The summed E-state index contributed by atoms with van der Waals surface area (Å²) in [5.41, 5.74) is 0. The summed E-state index contributed by atoms with van der Waals surface area (Å²) in [7, 11) is 0. The summed E-state index contributed by atoms with van der Waals surface area (Å²) in [6, 6.07) is 0. The van der Waals surface area contributed by atoms with E-state index in [1.807, 2.05) is 26.8 Å². The number of aliphatic hydroxyl groups is 1. The standard InChI is InChI=1S/C5H12O.CH3.ClH.Mg/c1-2-3-4-5-6;;;/h6H,2-5H2,1H3;1H3;1H;/q;;;+2. The van der Waals surface area contributed by atoms with Gasteiger partial charge in [-0.05, 0) is 6.42 Å². The number of unbranched alkanes of at least 4 members (excludes halogenated alkanes) is 2. The fraction of sp³-hybridized carbons (Fsp3) is 1.00. The Morgan fingerprint density at radius 3 is 1.78 bits per heavy atom. The SMILES string of the molecule is CCCCCO.Cl.[CH3][Mg+2]. The van der Waals surface area contributed by atoms with Crippen molar-refractivity contribution in [1.82, 2.24) is 0 Å². The Bertz CT molecular complexity index is 25.0. The van der Waals surface area contributed by atoms with Gasteiger partial charge in [-0.3, -0.25) is 0 Å². The Morgan fingerprint density at radius 1 is 1.22 bits per heavy atom. The molecule has 0 aliphatic rings. The largest absolute Gasteiger partial charge is 1.41 e. The first kappa shape index (κ1) is 16.5. The summed E-state index contributed by atoms with van der Waals surface area (Å²) < 4.78 is 0. The van der Waals surface area contributed by atoms with Crippen LogP contribution in [0, 0.1) is 0 Å². The molecule has 0 saturated heterocycles. The van der Waals surface area contributed by atoms with Crippen LogP contribution in [0.1, 0.15) is 26.2 Å². The second-order valence-electron chi connectivity index (χ2n) is 1.43. The van der Waals surface area contributed by atoms with E-state index in [-0.39, 0.29) is 12.4 Å². The van der Waals surface area contributed by atoms with Crippen molar-refractivity contribution in [3.63, 3.8) is 0 Å². The zero-order valence-corrected chi connectivity index (χ0v) is 8.62. The van der Waals surface area contributed by atoms with Gasteiger partial charge in [0.2, 0.25) is 0 Å². The second kappa shape index (κ2) is 23.0. The van der Waals surface area contributed by atoms with Gasteiger partial charge in [0, 0.05) is 6.61 Å². The molecule has 0 spiro atoms. The van der Waals surface area contributed by atoms with Crippen LogP contribution in [0.4, 0.5) is 0 Å². The van der Waals surface area contributed by atoms with E-state index in [2.05, 4.69) is 6.92 Å². The molecule has 0 saturated carbocycles. The molecule has 53 valence electrons. The Hall–Kier alpha value is 1.02. The highest BCUT2D eigenvalue weighted by Crippen LogP contribution is 1.89. The van der Waals surface area contributed by atoms with E-state index in [4.69, 9.17) is 5.11 Å². The van der Waals surface area contributed by atoms with Gasteiger partial charge in [-0.1, -0.05) is 19.8 Å². The molecule has 0 bridgehead atoms. The van der Waals surface area contributed by atoms with E-state index in [1.165, 1.54) is 6.42 Å². The Morgan fingerprint density at radius 2 is 1.67 bits per heavy atom. The van der Waals surface area contributed by atoms with Crippen LogP contribution in [0.3, 0.4) is 0 Å². The third kappa shape index (κ3) is 27.5. The van der Waals surface area contributed by atoms with Crippen molar-refractivity contribution in [2.75, 3.05) is 6.61 Å². The quantitative estimate of drug-likeness (QED) is 0.497.